The first-order valence-corrected chi connectivity index (χ1v) is 5.81. The Hall–Kier alpha value is -0.780. The van der Waals surface area contributed by atoms with E-state index in [1.807, 2.05) is 0 Å². The summed E-state index contributed by atoms with van der Waals surface area (Å²) >= 11 is 0. The molecule has 0 aromatic heterocycles. The van der Waals surface area contributed by atoms with Crippen molar-refractivity contribution in [1.29, 1.82) is 0 Å². The number of carbonyl (C=O) groups is 1. The zero-order chi connectivity index (χ0) is 10.9. The average Bonchev–Trinajstić information content (AvgIpc) is 2.05. The topological polar surface area (TPSA) is 69.7 Å². The van der Waals surface area contributed by atoms with Crippen molar-refractivity contribution in [3.8, 4) is 0 Å². The van der Waals surface area contributed by atoms with E-state index >= 15 is 0 Å². The average molecular weight is 212 g/mol. The summed E-state index contributed by atoms with van der Waals surface area (Å²) in [7, 11) is -1.39. The highest BCUT2D eigenvalue weighted by molar-refractivity contribution is 7.90. The highest BCUT2D eigenvalue weighted by Crippen LogP contribution is 1.77. The summed E-state index contributed by atoms with van der Waals surface area (Å²) in [4.78, 5) is 9.97. The summed E-state index contributed by atoms with van der Waals surface area (Å²) in [6.07, 6.45) is 0.593. The maximum atomic E-state index is 10.0. The molecule has 0 saturated heterocycles. The molecule has 0 heterocycles. The summed E-state index contributed by atoms with van der Waals surface area (Å²) in [5.41, 5.74) is 0. The van der Waals surface area contributed by atoms with Crippen LogP contribution in [0.3, 0.4) is 0 Å². The molecular weight excluding hydrogens is 196 g/mol. The zero-order valence-electron chi connectivity index (χ0n) is 8.36. The van der Waals surface area contributed by atoms with Gasteiger partial charge < -0.3 is 9.47 Å². The molecule has 5 nitrogen and oxygen atoms in total. The summed E-state index contributed by atoms with van der Waals surface area (Å²) in [5.74, 6) is 0.243. The van der Waals surface area contributed by atoms with E-state index in [1.165, 1.54) is 13.4 Å². The Labute approximate surface area is 78.9 Å². The van der Waals surface area contributed by atoms with Crippen molar-refractivity contribution < 1.29 is 22.7 Å². The predicted octanol–water partition coefficient (Wildman–Crippen LogP) is 0.840. The normalized spacial score (nSPS) is 9.54. The van der Waals surface area contributed by atoms with Gasteiger partial charge in [0.2, 0.25) is 0 Å². The molecule has 6 heteroatoms. The minimum atomic E-state index is -2.66. The second-order valence-corrected chi connectivity index (χ2v) is 4.53. The minimum absolute atomic E-state index is 0.243. The van der Waals surface area contributed by atoms with Crippen LogP contribution < -0.4 is 0 Å². The Balaban J connectivity index is 0. The number of methoxy groups -OCH3 is 1. The van der Waals surface area contributed by atoms with Crippen molar-refractivity contribution in [2.75, 3.05) is 25.7 Å². The fourth-order valence-corrected chi connectivity index (χ4v) is 0.177. The third kappa shape index (κ3) is 18.3. The Bertz CT molecular complexity index is 219. The maximum absolute atomic E-state index is 10.0. The molecule has 0 bridgehead atoms. The lowest BCUT2D eigenvalue weighted by molar-refractivity contribution is 0.0771. The molecule has 0 aliphatic heterocycles. The van der Waals surface area contributed by atoms with Gasteiger partial charge in [0.05, 0.1) is 13.7 Å². The first kappa shape index (κ1) is 14.7. The van der Waals surface area contributed by atoms with E-state index in [0.717, 1.165) is 0 Å². The monoisotopic (exact) mass is 212 g/mol. The van der Waals surface area contributed by atoms with Crippen LogP contribution in [0.5, 0.6) is 0 Å². The molecule has 0 unspecified atom stereocenters. The van der Waals surface area contributed by atoms with Crippen LogP contribution in [-0.4, -0.2) is 40.3 Å². The first-order chi connectivity index (χ1) is 5.87. The van der Waals surface area contributed by atoms with Gasteiger partial charge >= 0.3 is 6.16 Å². The van der Waals surface area contributed by atoms with Gasteiger partial charge in [0.15, 0.2) is 0 Å². The quantitative estimate of drug-likeness (QED) is 0.634. The molecule has 13 heavy (non-hydrogen) atoms. The van der Waals surface area contributed by atoms with Gasteiger partial charge in [-0.05, 0) is 6.92 Å². The van der Waals surface area contributed by atoms with Crippen LogP contribution >= 0.6 is 0 Å². The van der Waals surface area contributed by atoms with Gasteiger partial charge in [-0.2, -0.15) is 0 Å². The van der Waals surface area contributed by atoms with Crippen molar-refractivity contribution >= 4 is 16.0 Å². The van der Waals surface area contributed by atoms with Gasteiger partial charge in [-0.15, -0.1) is 0 Å². The molecule has 0 aromatic rings. The van der Waals surface area contributed by atoms with Crippen LogP contribution in [0.15, 0.2) is 0 Å². The highest BCUT2D eigenvalue weighted by atomic mass is 32.2. The van der Waals surface area contributed by atoms with Gasteiger partial charge in [0, 0.05) is 12.0 Å². The lowest BCUT2D eigenvalue weighted by Gasteiger charge is -1.94. The molecule has 0 N–H and O–H groups in total. The number of rotatable bonds is 2. The van der Waals surface area contributed by atoms with E-state index < -0.39 is 16.0 Å². The molecule has 0 saturated carbocycles. The Morgan fingerprint density at radius 1 is 1.31 bits per heavy atom. The minimum Gasteiger partial charge on any atom is -0.438 e. The Morgan fingerprint density at radius 3 is 1.77 bits per heavy atom. The maximum Gasteiger partial charge on any atom is 0.507 e. The van der Waals surface area contributed by atoms with E-state index in [1.54, 1.807) is 13.8 Å². The smallest absolute Gasteiger partial charge is 0.438 e. The fourth-order valence-electron chi connectivity index (χ4n) is 0.177. The Morgan fingerprint density at radius 2 is 1.69 bits per heavy atom. The number of carbonyl (C=O) groups excluding carboxylic acids is 1. The third-order valence-electron chi connectivity index (χ3n) is 0.953. The van der Waals surface area contributed by atoms with Crippen molar-refractivity contribution in [3.05, 3.63) is 0 Å². The Kier molecular flexibility index (Phi) is 8.89. The number of hydrogen-bond donors (Lipinski definition) is 0. The fraction of sp³-hybridized carbons (Fsp3) is 0.857. The highest BCUT2D eigenvalue weighted by Gasteiger charge is 1.92. The molecular formula is C7H16O5S. The summed E-state index contributed by atoms with van der Waals surface area (Å²) in [6.45, 7) is 3.71. The van der Waals surface area contributed by atoms with Crippen LogP contribution in [0.1, 0.15) is 13.8 Å². The largest absolute Gasteiger partial charge is 0.507 e. The molecule has 0 atom stereocenters. The molecule has 0 radical (unpaired) electrons. The number of hydrogen-bond acceptors (Lipinski definition) is 5. The number of ether oxygens (including phenoxy) is 2. The van der Waals surface area contributed by atoms with E-state index in [-0.39, 0.29) is 5.75 Å². The van der Waals surface area contributed by atoms with Gasteiger partial charge in [-0.1, -0.05) is 6.92 Å². The number of sulfone groups is 1. The molecule has 0 fully saturated rings. The van der Waals surface area contributed by atoms with Crippen LogP contribution in [-0.2, 0) is 19.3 Å². The third-order valence-corrected chi connectivity index (χ3v) is 2.00. The van der Waals surface area contributed by atoms with E-state index in [2.05, 4.69) is 9.47 Å². The standard InChI is InChI=1S/C4H8O3.C3H8O2S/c1-3-7-4(5)6-2;1-3-6(2,4)5/h3H2,1-2H3;3H2,1-2H3. The lowest BCUT2D eigenvalue weighted by Crippen LogP contribution is -2.02. The summed E-state index contributed by atoms with van der Waals surface area (Å²) in [6, 6.07) is 0. The van der Waals surface area contributed by atoms with Gasteiger partial charge in [-0.3, -0.25) is 0 Å². The van der Waals surface area contributed by atoms with Crippen LogP contribution in [0, 0.1) is 0 Å². The molecule has 0 amide bonds. The van der Waals surface area contributed by atoms with Gasteiger partial charge in [0.1, 0.15) is 9.84 Å². The molecule has 80 valence electrons. The van der Waals surface area contributed by atoms with Crippen molar-refractivity contribution in [1.82, 2.24) is 0 Å². The van der Waals surface area contributed by atoms with Crippen LogP contribution in [0.25, 0.3) is 0 Å². The van der Waals surface area contributed by atoms with Crippen molar-refractivity contribution in [2.45, 2.75) is 13.8 Å². The van der Waals surface area contributed by atoms with E-state index in [9.17, 15) is 13.2 Å². The SMILES string of the molecule is CCOC(=O)OC.CCS(C)(=O)=O. The molecule has 0 aliphatic rings. The second-order valence-electron chi connectivity index (χ2n) is 2.10. The van der Waals surface area contributed by atoms with Crippen molar-refractivity contribution in [2.24, 2.45) is 0 Å². The van der Waals surface area contributed by atoms with Crippen molar-refractivity contribution in [3.63, 3.8) is 0 Å². The first-order valence-electron chi connectivity index (χ1n) is 3.75. The van der Waals surface area contributed by atoms with E-state index in [0.29, 0.717) is 6.61 Å². The van der Waals surface area contributed by atoms with Gasteiger partial charge in [0.25, 0.3) is 0 Å². The predicted molar refractivity (Wildman–Crippen MR) is 49.4 cm³/mol. The summed E-state index contributed by atoms with van der Waals surface area (Å²) in [5, 5.41) is 0. The van der Waals surface area contributed by atoms with Gasteiger partial charge in [-0.25, -0.2) is 13.2 Å². The van der Waals surface area contributed by atoms with Crippen LogP contribution in [0.2, 0.25) is 0 Å². The lowest BCUT2D eigenvalue weighted by atomic mass is 10.9. The van der Waals surface area contributed by atoms with E-state index in [4.69, 9.17) is 0 Å². The van der Waals surface area contributed by atoms with Crippen LogP contribution in [0.4, 0.5) is 4.79 Å². The molecule has 0 aromatic carbocycles. The molecule has 0 rings (SSSR count). The molecule has 0 spiro atoms. The zero-order valence-corrected chi connectivity index (χ0v) is 9.18. The second kappa shape index (κ2) is 7.85. The summed E-state index contributed by atoms with van der Waals surface area (Å²) < 4.78 is 28.5. The molecule has 0 aliphatic carbocycles.